The summed E-state index contributed by atoms with van der Waals surface area (Å²) in [4.78, 5) is 14.1. The van der Waals surface area contributed by atoms with Gasteiger partial charge in [0.15, 0.2) is 5.78 Å². The Morgan fingerprint density at radius 3 is 1.97 bits per heavy atom. The van der Waals surface area contributed by atoms with Crippen molar-refractivity contribution in [1.29, 1.82) is 0 Å². The number of carbonyl (C=O) groups excluding carboxylic acids is 1. The van der Waals surface area contributed by atoms with Crippen LogP contribution in [0.1, 0.15) is 28.8 Å². The second-order valence-corrected chi connectivity index (χ2v) is 16.3. The summed E-state index contributed by atoms with van der Waals surface area (Å²) in [6.07, 6.45) is 1.77. The van der Waals surface area contributed by atoms with Crippen molar-refractivity contribution in [2.45, 2.75) is 37.4 Å². The van der Waals surface area contributed by atoms with Crippen molar-refractivity contribution in [1.82, 2.24) is 4.31 Å². The second kappa shape index (κ2) is 8.77. The van der Waals surface area contributed by atoms with Crippen LogP contribution in [0.5, 0.6) is 0 Å². The molecular formula is C26H29NO3SSi. The highest BCUT2D eigenvalue weighted by Gasteiger charge is 2.33. The number of sulfonamides is 1. The molecule has 0 saturated carbocycles. The minimum Gasteiger partial charge on any atom is -0.289 e. The van der Waals surface area contributed by atoms with Crippen molar-refractivity contribution in [3.63, 3.8) is 0 Å². The van der Waals surface area contributed by atoms with Crippen LogP contribution >= 0.6 is 0 Å². The summed E-state index contributed by atoms with van der Waals surface area (Å²) in [7, 11) is -5.71. The molecule has 1 aliphatic rings. The Labute approximate surface area is 192 Å². The zero-order valence-electron chi connectivity index (χ0n) is 18.8. The van der Waals surface area contributed by atoms with Gasteiger partial charge in [-0.25, -0.2) is 8.42 Å². The van der Waals surface area contributed by atoms with Crippen LogP contribution in [0.2, 0.25) is 19.6 Å². The molecule has 3 aromatic rings. The zero-order valence-corrected chi connectivity index (χ0v) is 20.7. The van der Waals surface area contributed by atoms with E-state index in [2.05, 4.69) is 19.6 Å². The molecule has 0 amide bonds. The number of carbonyl (C=O) groups is 1. The molecule has 32 heavy (non-hydrogen) atoms. The van der Waals surface area contributed by atoms with Crippen molar-refractivity contribution in [3.05, 3.63) is 83.9 Å². The molecule has 0 radical (unpaired) electrons. The molecule has 1 fully saturated rings. The first-order chi connectivity index (χ1) is 15.2. The lowest BCUT2D eigenvalue weighted by Crippen LogP contribution is -2.43. The van der Waals surface area contributed by atoms with Crippen LogP contribution in [-0.2, 0) is 10.0 Å². The molecule has 0 bridgehead atoms. The third-order valence-electron chi connectivity index (χ3n) is 5.97. The van der Waals surface area contributed by atoms with Crippen LogP contribution in [0.4, 0.5) is 0 Å². The van der Waals surface area contributed by atoms with Crippen molar-refractivity contribution in [3.8, 4) is 11.1 Å². The summed E-state index contributed by atoms with van der Waals surface area (Å²) in [5.74, 6) is -0.0630. The highest BCUT2D eigenvalue weighted by atomic mass is 32.2. The summed E-state index contributed by atoms with van der Waals surface area (Å²) in [5, 5.41) is 0.880. The molecule has 0 aliphatic carbocycles. The Morgan fingerprint density at radius 2 is 1.41 bits per heavy atom. The molecule has 0 aromatic heterocycles. The summed E-state index contributed by atoms with van der Waals surface area (Å²) >= 11 is 0. The molecule has 3 aromatic carbocycles. The van der Waals surface area contributed by atoms with Crippen LogP contribution in [-0.4, -0.2) is 39.7 Å². The Morgan fingerprint density at radius 1 is 0.844 bits per heavy atom. The van der Waals surface area contributed by atoms with Gasteiger partial charge in [-0.15, -0.1) is 0 Å². The van der Waals surface area contributed by atoms with Crippen LogP contribution in [0.15, 0.2) is 77.7 Å². The SMILES string of the molecule is C[Si](C)(C)c1cc(S(=O)(=O)N2CCCC2)cc(-c2ccccc2)c1C(=O)c1ccccc1. The number of rotatable bonds is 6. The van der Waals surface area contributed by atoms with Gasteiger partial charge < -0.3 is 0 Å². The van der Waals surface area contributed by atoms with Gasteiger partial charge in [0.25, 0.3) is 0 Å². The Kier molecular flexibility index (Phi) is 6.21. The Hall–Kier alpha value is -2.54. The average molecular weight is 464 g/mol. The van der Waals surface area contributed by atoms with Gasteiger partial charge in [-0.1, -0.05) is 80.3 Å². The summed E-state index contributed by atoms with van der Waals surface area (Å²) in [6, 6.07) is 22.4. The largest absolute Gasteiger partial charge is 0.289 e. The number of hydrogen-bond acceptors (Lipinski definition) is 3. The molecule has 0 atom stereocenters. The monoisotopic (exact) mass is 463 g/mol. The van der Waals surface area contributed by atoms with Crippen molar-refractivity contribution in [2.24, 2.45) is 0 Å². The Balaban J connectivity index is 2.03. The predicted molar refractivity (Wildman–Crippen MR) is 133 cm³/mol. The van der Waals surface area contributed by atoms with E-state index in [9.17, 15) is 13.2 Å². The molecule has 6 heteroatoms. The number of ketones is 1. The lowest BCUT2D eigenvalue weighted by Gasteiger charge is -2.26. The first-order valence-corrected chi connectivity index (χ1v) is 16.0. The standard InChI is InChI=1S/C26H29NO3SSi/c1-32(2,3)24-19-22(31(29,30)27-16-10-11-17-27)18-23(20-12-6-4-7-13-20)25(24)26(28)21-14-8-5-9-15-21/h4-9,12-15,18-19H,10-11,16-17H2,1-3H3. The predicted octanol–water partition coefficient (Wildman–Crippen LogP) is 4.91. The fourth-order valence-electron chi connectivity index (χ4n) is 4.26. The molecular weight excluding hydrogens is 434 g/mol. The lowest BCUT2D eigenvalue weighted by atomic mass is 9.94. The van der Waals surface area contributed by atoms with E-state index in [-0.39, 0.29) is 5.78 Å². The maximum atomic E-state index is 13.8. The first-order valence-electron chi connectivity index (χ1n) is 11.0. The minimum absolute atomic E-state index is 0.0630. The van der Waals surface area contributed by atoms with Gasteiger partial charge in [-0.05, 0) is 41.3 Å². The van der Waals surface area contributed by atoms with E-state index in [0.29, 0.717) is 34.7 Å². The highest BCUT2D eigenvalue weighted by molar-refractivity contribution is 7.89. The third-order valence-corrected chi connectivity index (χ3v) is 9.86. The maximum absolute atomic E-state index is 13.8. The molecule has 4 nitrogen and oxygen atoms in total. The minimum atomic E-state index is -3.61. The number of nitrogens with zero attached hydrogens (tertiary/aromatic N) is 1. The van der Waals surface area contributed by atoms with E-state index in [4.69, 9.17) is 0 Å². The normalized spacial score (nSPS) is 15.1. The molecule has 0 N–H and O–H groups in total. The summed E-state index contributed by atoms with van der Waals surface area (Å²) in [6.45, 7) is 7.58. The van der Waals surface area contributed by atoms with Crippen LogP contribution in [0, 0.1) is 0 Å². The molecule has 4 rings (SSSR count). The van der Waals surface area contributed by atoms with Crippen molar-refractivity contribution in [2.75, 3.05) is 13.1 Å². The number of benzene rings is 3. The molecule has 0 unspecified atom stereocenters. The van der Waals surface area contributed by atoms with Gasteiger partial charge in [0.2, 0.25) is 10.0 Å². The van der Waals surface area contributed by atoms with Crippen LogP contribution in [0.3, 0.4) is 0 Å². The van der Waals surface area contributed by atoms with Gasteiger partial charge >= 0.3 is 0 Å². The second-order valence-electron chi connectivity index (χ2n) is 9.32. The fourth-order valence-corrected chi connectivity index (χ4v) is 7.52. The summed E-state index contributed by atoms with van der Waals surface area (Å²) in [5.41, 5.74) is 2.78. The topological polar surface area (TPSA) is 54.5 Å². The lowest BCUT2D eigenvalue weighted by molar-refractivity contribution is 0.104. The molecule has 0 spiro atoms. The Bertz CT molecular complexity index is 1230. The van der Waals surface area contributed by atoms with Crippen molar-refractivity contribution >= 4 is 29.1 Å². The van der Waals surface area contributed by atoms with E-state index < -0.39 is 18.1 Å². The molecule has 1 aliphatic heterocycles. The van der Waals surface area contributed by atoms with E-state index in [1.807, 2.05) is 60.7 Å². The van der Waals surface area contributed by atoms with Gasteiger partial charge in [0.05, 0.1) is 13.0 Å². The summed E-state index contributed by atoms with van der Waals surface area (Å²) < 4.78 is 28.6. The van der Waals surface area contributed by atoms with E-state index in [1.54, 1.807) is 16.4 Å². The van der Waals surface area contributed by atoms with E-state index in [1.165, 1.54) is 0 Å². The van der Waals surface area contributed by atoms with Crippen LogP contribution in [0.25, 0.3) is 11.1 Å². The smallest absolute Gasteiger partial charge is 0.243 e. The van der Waals surface area contributed by atoms with E-state index in [0.717, 1.165) is 23.6 Å². The molecule has 1 heterocycles. The molecule has 166 valence electrons. The quantitative estimate of drug-likeness (QED) is 0.385. The third kappa shape index (κ3) is 4.35. The molecule has 1 saturated heterocycles. The maximum Gasteiger partial charge on any atom is 0.243 e. The first kappa shape index (κ1) is 22.6. The van der Waals surface area contributed by atoms with Gasteiger partial charge in [-0.2, -0.15) is 4.31 Å². The van der Waals surface area contributed by atoms with Crippen molar-refractivity contribution < 1.29 is 13.2 Å². The van der Waals surface area contributed by atoms with Gasteiger partial charge in [-0.3, -0.25) is 4.79 Å². The average Bonchev–Trinajstić information content (AvgIpc) is 3.34. The highest BCUT2D eigenvalue weighted by Crippen LogP contribution is 2.31. The van der Waals surface area contributed by atoms with Gasteiger partial charge in [0, 0.05) is 24.2 Å². The van der Waals surface area contributed by atoms with E-state index >= 15 is 0 Å². The zero-order chi connectivity index (χ0) is 22.9. The van der Waals surface area contributed by atoms with Crippen LogP contribution < -0.4 is 5.19 Å². The fraction of sp³-hybridized carbons (Fsp3) is 0.269. The number of hydrogen-bond donors (Lipinski definition) is 0. The van der Waals surface area contributed by atoms with Gasteiger partial charge in [0.1, 0.15) is 0 Å².